The first-order valence-electron chi connectivity index (χ1n) is 4.87. The van der Waals surface area contributed by atoms with Gasteiger partial charge in [-0.3, -0.25) is 0 Å². The van der Waals surface area contributed by atoms with Gasteiger partial charge in [0.2, 0.25) is 0 Å². The van der Waals surface area contributed by atoms with Crippen LogP contribution in [0.25, 0.3) is 10.8 Å². The molecule has 0 bridgehead atoms. The molecule has 18 heavy (non-hydrogen) atoms. The lowest BCUT2D eigenvalue weighted by atomic mass is 9.99. The van der Waals surface area contributed by atoms with Crippen LogP contribution >= 0.6 is 0 Å². The van der Waals surface area contributed by atoms with Crippen molar-refractivity contribution in [2.75, 3.05) is 0 Å². The molecule has 2 aromatic carbocycles. The molecule has 0 heterocycles. The van der Waals surface area contributed by atoms with Crippen molar-refractivity contribution in [2.45, 2.75) is 12.4 Å². The van der Waals surface area contributed by atoms with E-state index in [-0.39, 0.29) is 0 Å². The molecule has 0 aromatic heterocycles. The lowest BCUT2D eigenvalue weighted by Gasteiger charge is -2.15. The Labute approximate surface area is 97.8 Å². The van der Waals surface area contributed by atoms with Crippen LogP contribution in [0.1, 0.15) is 11.1 Å². The SMILES string of the molecule is FC(F)(F)c1ccc(C(F)(F)F)c2ccccc12. The highest BCUT2D eigenvalue weighted by Gasteiger charge is 2.37. The smallest absolute Gasteiger partial charge is 0.166 e. The topological polar surface area (TPSA) is 0 Å². The van der Waals surface area contributed by atoms with E-state index in [0.717, 1.165) is 12.1 Å². The monoisotopic (exact) mass is 264 g/mol. The standard InChI is InChI=1S/C12H6F6/c13-11(14,15)9-5-6-10(12(16,17)18)8-4-2-1-3-7(8)9/h1-6H. The molecular weight excluding hydrogens is 258 g/mol. The minimum atomic E-state index is -4.68. The maximum Gasteiger partial charge on any atom is 0.417 e. The Bertz CT molecular complexity index is 527. The van der Waals surface area contributed by atoms with E-state index in [2.05, 4.69) is 0 Å². The lowest BCUT2D eigenvalue weighted by Crippen LogP contribution is -2.10. The summed E-state index contributed by atoms with van der Waals surface area (Å²) >= 11 is 0. The van der Waals surface area contributed by atoms with Crippen molar-refractivity contribution >= 4 is 10.8 Å². The van der Waals surface area contributed by atoms with E-state index in [0.29, 0.717) is 12.1 Å². The maximum absolute atomic E-state index is 12.7. The highest BCUT2D eigenvalue weighted by Crippen LogP contribution is 2.40. The first-order chi connectivity index (χ1) is 8.21. The van der Waals surface area contributed by atoms with Gasteiger partial charge in [0, 0.05) is 0 Å². The molecule has 0 radical (unpaired) electrons. The Morgan fingerprint density at radius 1 is 0.556 bits per heavy atom. The fourth-order valence-electron chi connectivity index (χ4n) is 1.79. The van der Waals surface area contributed by atoms with Crippen molar-refractivity contribution in [3.8, 4) is 0 Å². The molecule has 0 N–H and O–H groups in total. The molecule has 2 aromatic rings. The summed E-state index contributed by atoms with van der Waals surface area (Å²) in [6.45, 7) is 0. The molecule has 96 valence electrons. The molecule has 0 unspecified atom stereocenters. The van der Waals surface area contributed by atoms with Crippen LogP contribution in [-0.2, 0) is 12.4 Å². The van der Waals surface area contributed by atoms with Crippen LogP contribution in [0.3, 0.4) is 0 Å². The minimum Gasteiger partial charge on any atom is -0.166 e. The Morgan fingerprint density at radius 2 is 0.889 bits per heavy atom. The number of hydrogen-bond acceptors (Lipinski definition) is 0. The maximum atomic E-state index is 12.7. The summed E-state index contributed by atoms with van der Waals surface area (Å²) in [5, 5.41) is -0.889. The van der Waals surface area contributed by atoms with Gasteiger partial charge in [-0.2, -0.15) is 26.3 Å². The van der Waals surface area contributed by atoms with Gasteiger partial charge in [-0.05, 0) is 22.9 Å². The summed E-state index contributed by atoms with van der Waals surface area (Å²) in [6, 6.07) is 5.55. The van der Waals surface area contributed by atoms with Crippen molar-refractivity contribution in [3.05, 3.63) is 47.5 Å². The fourth-order valence-corrected chi connectivity index (χ4v) is 1.79. The van der Waals surface area contributed by atoms with Crippen molar-refractivity contribution in [3.63, 3.8) is 0 Å². The van der Waals surface area contributed by atoms with E-state index < -0.39 is 34.3 Å². The van der Waals surface area contributed by atoms with Gasteiger partial charge < -0.3 is 0 Å². The van der Waals surface area contributed by atoms with E-state index in [1.807, 2.05) is 0 Å². The van der Waals surface area contributed by atoms with Gasteiger partial charge in [-0.25, -0.2) is 0 Å². The molecule has 0 fully saturated rings. The zero-order valence-electron chi connectivity index (χ0n) is 8.73. The summed E-state index contributed by atoms with van der Waals surface area (Å²) in [5.41, 5.74) is -2.13. The number of halogens is 6. The van der Waals surface area contributed by atoms with E-state index >= 15 is 0 Å². The van der Waals surface area contributed by atoms with Crippen molar-refractivity contribution in [1.82, 2.24) is 0 Å². The summed E-state index contributed by atoms with van der Waals surface area (Å²) in [4.78, 5) is 0. The Kier molecular flexibility index (Phi) is 2.76. The van der Waals surface area contributed by atoms with Crippen LogP contribution < -0.4 is 0 Å². The van der Waals surface area contributed by atoms with Crippen molar-refractivity contribution in [2.24, 2.45) is 0 Å². The van der Waals surface area contributed by atoms with E-state index in [1.165, 1.54) is 12.1 Å². The quantitative estimate of drug-likeness (QED) is 0.595. The van der Waals surface area contributed by atoms with Gasteiger partial charge in [-0.1, -0.05) is 24.3 Å². The molecule has 0 atom stereocenters. The molecule has 0 aliphatic heterocycles. The summed E-state index contributed by atoms with van der Waals surface area (Å²) < 4.78 is 76.0. The second-order valence-corrected chi connectivity index (χ2v) is 3.70. The molecule has 0 saturated heterocycles. The second kappa shape index (κ2) is 3.90. The molecule has 2 rings (SSSR count). The Balaban J connectivity index is 2.83. The normalized spacial score (nSPS) is 13.0. The number of benzene rings is 2. The van der Waals surface area contributed by atoms with Gasteiger partial charge in [0.25, 0.3) is 0 Å². The Morgan fingerprint density at radius 3 is 1.17 bits per heavy atom. The third-order valence-electron chi connectivity index (χ3n) is 2.53. The third kappa shape index (κ3) is 2.14. The van der Waals surface area contributed by atoms with Gasteiger partial charge in [0.1, 0.15) is 0 Å². The highest BCUT2D eigenvalue weighted by molar-refractivity contribution is 5.89. The highest BCUT2D eigenvalue weighted by atomic mass is 19.4. The van der Waals surface area contributed by atoms with Crippen LogP contribution in [-0.4, -0.2) is 0 Å². The summed E-state index contributed by atoms with van der Waals surface area (Å²) in [6.07, 6.45) is -9.35. The molecule has 0 nitrogen and oxygen atoms in total. The third-order valence-corrected chi connectivity index (χ3v) is 2.53. The van der Waals surface area contributed by atoms with E-state index in [4.69, 9.17) is 0 Å². The predicted molar refractivity (Wildman–Crippen MR) is 54.0 cm³/mol. The van der Waals surface area contributed by atoms with Crippen molar-refractivity contribution in [1.29, 1.82) is 0 Å². The van der Waals surface area contributed by atoms with Crippen LogP contribution in [0, 0.1) is 0 Å². The minimum absolute atomic E-state index is 0.445. The predicted octanol–water partition coefficient (Wildman–Crippen LogP) is 4.88. The van der Waals surface area contributed by atoms with Crippen LogP contribution in [0.5, 0.6) is 0 Å². The number of rotatable bonds is 0. The molecule has 0 saturated carbocycles. The van der Waals surface area contributed by atoms with Crippen LogP contribution in [0.2, 0.25) is 0 Å². The van der Waals surface area contributed by atoms with Gasteiger partial charge in [0.15, 0.2) is 0 Å². The number of alkyl halides is 6. The Hall–Kier alpha value is -1.72. The number of hydrogen-bond donors (Lipinski definition) is 0. The van der Waals surface area contributed by atoms with E-state index in [1.54, 1.807) is 0 Å². The largest absolute Gasteiger partial charge is 0.417 e. The molecule has 0 aliphatic rings. The molecule has 0 amide bonds. The molecule has 0 spiro atoms. The molecule has 6 heteroatoms. The van der Waals surface area contributed by atoms with Crippen LogP contribution in [0.15, 0.2) is 36.4 Å². The lowest BCUT2D eigenvalue weighted by molar-refractivity contribution is -0.139. The number of fused-ring (bicyclic) bond motifs is 1. The van der Waals surface area contributed by atoms with E-state index in [9.17, 15) is 26.3 Å². The second-order valence-electron chi connectivity index (χ2n) is 3.70. The fraction of sp³-hybridized carbons (Fsp3) is 0.167. The first-order valence-corrected chi connectivity index (χ1v) is 4.87. The first kappa shape index (κ1) is 12.7. The summed E-state index contributed by atoms with van der Waals surface area (Å²) in [7, 11) is 0. The average molecular weight is 264 g/mol. The van der Waals surface area contributed by atoms with Crippen LogP contribution in [0.4, 0.5) is 26.3 Å². The van der Waals surface area contributed by atoms with Gasteiger partial charge in [0.05, 0.1) is 11.1 Å². The zero-order chi connectivity index (χ0) is 13.6. The summed E-state index contributed by atoms with van der Waals surface area (Å²) in [5.74, 6) is 0. The van der Waals surface area contributed by atoms with Gasteiger partial charge >= 0.3 is 12.4 Å². The zero-order valence-corrected chi connectivity index (χ0v) is 8.73. The van der Waals surface area contributed by atoms with Crippen molar-refractivity contribution < 1.29 is 26.3 Å². The van der Waals surface area contributed by atoms with Gasteiger partial charge in [-0.15, -0.1) is 0 Å². The molecule has 0 aliphatic carbocycles. The average Bonchev–Trinajstić information content (AvgIpc) is 2.24. The molecular formula is C12H6F6.